The zero-order valence-corrected chi connectivity index (χ0v) is 10.5. The zero-order chi connectivity index (χ0) is 12.6. The summed E-state index contributed by atoms with van der Waals surface area (Å²) in [5.74, 6) is 0.226. The SMILES string of the molecule is Cc1ccc(F)cc1OC1CCC(C)(C)C1O. The maximum atomic E-state index is 13.1. The predicted molar refractivity (Wildman–Crippen MR) is 64.6 cm³/mol. The molecule has 1 N–H and O–H groups in total. The van der Waals surface area contributed by atoms with Crippen LogP contribution in [0.4, 0.5) is 4.39 Å². The Morgan fingerprint density at radius 1 is 1.41 bits per heavy atom. The highest BCUT2D eigenvalue weighted by Crippen LogP contribution is 2.39. The third-order valence-electron chi connectivity index (χ3n) is 3.65. The van der Waals surface area contributed by atoms with Gasteiger partial charge in [-0.1, -0.05) is 19.9 Å². The van der Waals surface area contributed by atoms with Crippen molar-refractivity contribution in [3.05, 3.63) is 29.6 Å². The molecule has 0 amide bonds. The van der Waals surface area contributed by atoms with Crippen LogP contribution in [-0.4, -0.2) is 17.3 Å². The average Bonchev–Trinajstić information content (AvgIpc) is 2.51. The number of aryl methyl sites for hydroxylation is 1. The van der Waals surface area contributed by atoms with Crippen molar-refractivity contribution >= 4 is 0 Å². The molecule has 0 heterocycles. The molecule has 0 spiro atoms. The fraction of sp³-hybridized carbons (Fsp3) is 0.571. The molecular weight excluding hydrogens is 219 g/mol. The lowest BCUT2D eigenvalue weighted by Gasteiger charge is -2.26. The van der Waals surface area contributed by atoms with Gasteiger partial charge in [0.1, 0.15) is 17.7 Å². The summed E-state index contributed by atoms with van der Waals surface area (Å²) in [4.78, 5) is 0. The van der Waals surface area contributed by atoms with E-state index >= 15 is 0 Å². The van der Waals surface area contributed by atoms with E-state index in [9.17, 15) is 9.50 Å². The quantitative estimate of drug-likeness (QED) is 0.858. The van der Waals surface area contributed by atoms with Crippen LogP contribution in [0.1, 0.15) is 32.3 Å². The summed E-state index contributed by atoms with van der Waals surface area (Å²) in [6.07, 6.45) is 1.01. The van der Waals surface area contributed by atoms with Gasteiger partial charge < -0.3 is 9.84 Å². The lowest BCUT2D eigenvalue weighted by Crippen LogP contribution is -2.34. The lowest BCUT2D eigenvalue weighted by molar-refractivity contribution is 0.00457. The standard InChI is InChI=1S/C14H19FO2/c1-9-4-5-10(15)8-12(9)17-11-6-7-14(2,3)13(11)16/h4-5,8,11,13,16H,6-7H2,1-3H3. The van der Waals surface area contributed by atoms with E-state index in [1.165, 1.54) is 12.1 Å². The molecule has 3 heteroatoms. The van der Waals surface area contributed by atoms with Crippen molar-refractivity contribution in [2.24, 2.45) is 5.41 Å². The van der Waals surface area contributed by atoms with Crippen molar-refractivity contribution in [1.29, 1.82) is 0 Å². The van der Waals surface area contributed by atoms with E-state index in [0.717, 1.165) is 18.4 Å². The second-order valence-electron chi connectivity index (χ2n) is 5.54. The summed E-state index contributed by atoms with van der Waals surface area (Å²) in [5.41, 5.74) is 0.773. The van der Waals surface area contributed by atoms with Gasteiger partial charge in [-0.3, -0.25) is 0 Å². The molecule has 0 bridgehead atoms. The third-order valence-corrected chi connectivity index (χ3v) is 3.65. The molecule has 0 aliphatic heterocycles. The number of ether oxygens (including phenoxy) is 1. The summed E-state index contributed by atoms with van der Waals surface area (Å²) in [6.45, 7) is 5.93. The fourth-order valence-corrected chi connectivity index (χ4v) is 2.31. The van der Waals surface area contributed by atoms with Gasteiger partial charge in [-0.05, 0) is 36.8 Å². The molecule has 0 aromatic heterocycles. The highest BCUT2D eigenvalue weighted by atomic mass is 19.1. The van der Waals surface area contributed by atoms with Crippen molar-refractivity contribution < 1.29 is 14.2 Å². The minimum Gasteiger partial charge on any atom is -0.487 e. The summed E-state index contributed by atoms with van der Waals surface area (Å²) < 4.78 is 18.9. The van der Waals surface area contributed by atoms with Gasteiger partial charge in [0, 0.05) is 6.07 Å². The molecule has 2 rings (SSSR count). The number of rotatable bonds is 2. The molecule has 1 aromatic rings. The van der Waals surface area contributed by atoms with Crippen LogP contribution in [0.2, 0.25) is 0 Å². The third kappa shape index (κ3) is 2.44. The van der Waals surface area contributed by atoms with Crippen molar-refractivity contribution in [2.75, 3.05) is 0 Å². The molecule has 1 aliphatic rings. The van der Waals surface area contributed by atoms with Crippen LogP contribution >= 0.6 is 0 Å². The van der Waals surface area contributed by atoms with Crippen molar-refractivity contribution in [2.45, 2.75) is 45.8 Å². The molecule has 1 aliphatic carbocycles. The van der Waals surface area contributed by atoms with Crippen LogP contribution in [0.3, 0.4) is 0 Å². The average molecular weight is 238 g/mol. The van der Waals surface area contributed by atoms with E-state index in [4.69, 9.17) is 4.74 Å². The molecule has 1 aromatic carbocycles. The molecule has 2 nitrogen and oxygen atoms in total. The van der Waals surface area contributed by atoms with Crippen LogP contribution in [0.5, 0.6) is 5.75 Å². The number of hydrogen-bond acceptors (Lipinski definition) is 2. The van der Waals surface area contributed by atoms with Crippen LogP contribution < -0.4 is 4.74 Å². The Balaban J connectivity index is 2.14. The number of aliphatic hydroxyl groups excluding tert-OH is 1. The topological polar surface area (TPSA) is 29.5 Å². The van der Waals surface area contributed by atoms with Gasteiger partial charge in [0.2, 0.25) is 0 Å². The summed E-state index contributed by atoms with van der Waals surface area (Å²) in [5, 5.41) is 10.1. The smallest absolute Gasteiger partial charge is 0.126 e. The highest BCUT2D eigenvalue weighted by molar-refractivity contribution is 5.33. The lowest BCUT2D eigenvalue weighted by atomic mass is 9.89. The molecule has 0 radical (unpaired) electrons. The van der Waals surface area contributed by atoms with Crippen LogP contribution in [0.25, 0.3) is 0 Å². The van der Waals surface area contributed by atoms with Crippen LogP contribution in [0, 0.1) is 18.2 Å². The first-order valence-corrected chi connectivity index (χ1v) is 6.01. The minimum atomic E-state index is -0.495. The molecule has 94 valence electrons. The first-order chi connectivity index (χ1) is 7.90. The van der Waals surface area contributed by atoms with Gasteiger partial charge in [-0.15, -0.1) is 0 Å². The Labute approximate surface area is 101 Å². The number of aliphatic hydroxyl groups is 1. The highest BCUT2D eigenvalue weighted by Gasteiger charge is 2.42. The zero-order valence-electron chi connectivity index (χ0n) is 10.5. The number of halogens is 1. The Kier molecular flexibility index (Phi) is 3.13. The first kappa shape index (κ1) is 12.4. The minimum absolute atomic E-state index is 0.119. The number of hydrogen-bond donors (Lipinski definition) is 1. The molecular formula is C14H19FO2. The summed E-state index contributed by atoms with van der Waals surface area (Å²) >= 11 is 0. The van der Waals surface area contributed by atoms with Gasteiger partial charge >= 0.3 is 0 Å². The summed E-state index contributed by atoms with van der Waals surface area (Å²) in [6, 6.07) is 4.49. The summed E-state index contributed by atoms with van der Waals surface area (Å²) in [7, 11) is 0. The Morgan fingerprint density at radius 3 is 2.71 bits per heavy atom. The van der Waals surface area contributed by atoms with E-state index < -0.39 is 6.10 Å². The molecule has 1 saturated carbocycles. The van der Waals surface area contributed by atoms with E-state index in [0.29, 0.717) is 5.75 Å². The fourth-order valence-electron chi connectivity index (χ4n) is 2.31. The molecule has 2 atom stereocenters. The Morgan fingerprint density at radius 2 is 2.12 bits per heavy atom. The Hall–Kier alpha value is -1.09. The predicted octanol–water partition coefficient (Wildman–Crippen LogP) is 3.06. The first-order valence-electron chi connectivity index (χ1n) is 6.01. The Bertz CT molecular complexity index is 415. The van der Waals surface area contributed by atoms with Crippen LogP contribution in [-0.2, 0) is 0 Å². The van der Waals surface area contributed by atoms with Gasteiger partial charge in [0.05, 0.1) is 6.10 Å². The van der Waals surface area contributed by atoms with E-state index in [-0.39, 0.29) is 17.3 Å². The number of benzene rings is 1. The van der Waals surface area contributed by atoms with Crippen molar-refractivity contribution in [3.8, 4) is 5.75 Å². The van der Waals surface area contributed by atoms with Crippen LogP contribution in [0.15, 0.2) is 18.2 Å². The molecule has 2 unspecified atom stereocenters. The molecule has 17 heavy (non-hydrogen) atoms. The largest absolute Gasteiger partial charge is 0.487 e. The van der Waals surface area contributed by atoms with Crippen molar-refractivity contribution in [1.82, 2.24) is 0 Å². The second kappa shape index (κ2) is 4.30. The normalized spacial score (nSPS) is 27.1. The maximum Gasteiger partial charge on any atom is 0.126 e. The molecule has 0 saturated heterocycles. The van der Waals surface area contributed by atoms with Gasteiger partial charge in [-0.25, -0.2) is 4.39 Å². The maximum absolute atomic E-state index is 13.1. The van der Waals surface area contributed by atoms with Gasteiger partial charge in [0.25, 0.3) is 0 Å². The van der Waals surface area contributed by atoms with Gasteiger partial charge in [0.15, 0.2) is 0 Å². The van der Waals surface area contributed by atoms with E-state index in [2.05, 4.69) is 0 Å². The van der Waals surface area contributed by atoms with Gasteiger partial charge in [-0.2, -0.15) is 0 Å². The van der Waals surface area contributed by atoms with E-state index in [1.807, 2.05) is 20.8 Å². The van der Waals surface area contributed by atoms with E-state index in [1.54, 1.807) is 6.07 Å². The van der Waals surface area contributed by atoms with Crippen molar-refractivity contribution in [3.63, 3.8) is 0 Å². The second-order valence-corrected chi connectivity index (χ2v) is 5.54. The molecule has 1 fully saturated rings. The monoisotopic (exact) mass is 238 g/mol.